The minimum atomic E-state index is -3.84. The summed E-state index contributed by atoms with van der Waals surface area (Å²) in [6, 6.07) is 7.86. The van der Waals surface area contributed by atoms with Gasteiger partial charge in [-0.1, -0.05) is 18.5 Å². The third-order valence-corrected chi connectivity index (χ3v) is 10.1. The van der Waals surface area contributed by atoms with E-state index in [-0.39, 0.29) is 44.5 Å². The average molecular weight is 496 g/mol. The van der Waals surface area contributed by atoms with Gasteiger partial charge in [0, 0.05) is 16.8 Å². The summed E-state index contributed by atoms with van der Waals surface area (Å²) in [5.41, 5.74) is -0.486. The first-order chi connectivity index (χ1) is 15.4. The zero-order chi connectivity index (χ0) is 24.1. The van der Waals surface area contributed by atoms with E-state index in [2.05, 4.69) is 5.32 Å². The summed E-state index contributed by atoms with van der Waals surface area (Å²) in [6.07, 6.45) is 1.48. The Morgan fingerprint density at radius 2 is 1.94 bits per heavy atom. The molecule has 0 radical (unpaired) electrons. The number of aliphatic hydroxyl groups excluding tert-OH is 1. The van der Waals surface area contributed by atoms with Crippen LogP contribution in [0.15, 0.2) is 41.3 Å². The van der Waals surface area contributed by atoms with Crippen molar-refractivity contribution in [2.75, 3.05) is 5.32 Å². The number of halogens is 2. The van der Waals surface area contributed by atoms with Crippen molar-refractivity contribution in [3.63, 3.8) is 0 Å². The number of amides is 1. The molecule has 178 valence electrons. The zero-order valence-electron chi connectivity index (χ0n) is 18.4. The van der Waals surface area contributed by atoms with E-state index in [1.54, 1.807) is 6.92 Å². The summed E-state index contributed by atoms with van der Waals surface area (Å²) in [5.74, 6) is -1.16. The molecule has 2 saturated carbocycles. The molecule has 0 aromatic heterocycles. The molecule has 2 fully saturated rings. The van der Waals surface area contributed by atoms with Crippen molar-refractivity contribution >= 4 is 33.0 Å². The number of benzene rings is 2. The molecule has 4 rings (SSSR count). The predicted octanol–water partition coefficient (Wildman–Crippen LogP) is 4.18. The average Bonchev–Trinajstić information content (AvgIpc) is 2.88. The maximum Gasteiger partial charge on any atom is 0.255 e. The number of anilines is 1. The molecule has 0 spiro atoms. The van der Waals surface area contributed by atoms with Crippen molar-refractivity contribution in [1.29, 1.82) is 0 Å². The van der Waals surface area contributed by atoms with Crippen LogP contribution in [-0.4, -0.2) is 35.4 Å². The van der Waals surface area contributed by atoms with Gasteiger partial charge in [0.05, 0.1) is 27.4 Å². The van der Waals surface area contributed by atoms with E-state index >= 15 is 0 Å². The Morgan fingerprint density at radius 1 is 1.21 bits per heavy atom. The van der Waals surface area contributed by atoms with Crippen LogP contribution in [0.25, 0.3) is 0 Å². The standard InChI is InChI=1S/C24H27ClFNO5S/c1-13-7-16-10-18(11-19(13)24(16,2)30)33(31,32)22-9-14(3-5-20(22)25)23(29)27-17-4-6-21(26)15(8-17)12-28/h3-6,8-9,13,16,18-19,28,30H,7,10-12H2,1-2H3,(H,27,29)/t13-,16?,18+,19?,24+/m0/s1. The Labute approximate surface area is 197 Å². The third kappa shape index (κ3) is 4.30. The topological polar surface area (TPSA) is 104 Å². The van der Waals surface area contributed by atoms with Crippen LogP contribution in [0.3, 0.4) is 0 Å². The predicted molar refractivity (Wildman–Crippen MR) is 123 cm³/mol. The van der Waals surface area contributed by atoms with Gasteiger partial charge < -0.3 is 15.5 Å². The van der Waals surface area contributed by atoms with Gasteiger partial charge in [-0.3, -0.25) is 4.79 Å². The summed E-state index contributed by atoms with van der Waals surface area (Å²) in [6.45, 7) is 3.32. The monoisotopic (exact) mass is 495 g/mol. The van der Waals surface area contributed by atoms with Crippen LogP contribution in [0.1, 0.15) is 49.0 Å². The Kier molecular flexibility index (Phi) is 6.33. The molecule has 0 aliphatic heterocycles. The second-order valence-electron chi connectivity index (χ2n) is 9.44. The van der Waals surface area contributed by atoms with Gasteiger partial charge in [0.25, 0.3) is 5.91 Å². The van der Waals surface area contributed by atoms with Crippen molar-refractivity contribution in [3.05, 3.63) is 58.4 Å². The molecule has 2 bridgehead atoms. The fourth-order valence-electron chi connectivity index (χ4n) is 5.51. The number of hydrogen-bond donors (Lipinski definition) is 3. The molecule has 1 amide bonds. The van der Waals surface area contributed by atoms with Crippen LogP contribution >= 0.6 is 11.6 Å². The van der Waals surface area contributed by atoms with E-state index in [0.717, 1.165) is 12.5 Å². The molecule has 2 aromatic carbocycles. The fourth-order valence-corrected chi connectivity index (χ4v) is 7.88. The zero-order valence-corrected chi connectivity index (χ0v) is 20.0. The molecule has 5 atom stereocenters. The van der Waals surface area contributed by atoms with E-state index in [1.807, 2.05) is 6.92 Å². The number of aliphatic hydroxyl groups is 2. The molecule has 2 aromatic rings. The maximum absolute atomic E-state index is 13.6. The molecular formula is C24H27ClFNO5S. The normalized spacial score (nSPS) is 29.2. The highest BCUT2D eigenvalue weighted by molar-refractivity contribution is 7.92. The van der Waals surface area contributed by atoms with Crippen LogP contribution in [0, 0.1) is 23.6 Å². The highest BCUT2D eigenvalue weighted by atomic mass is 35.5. The van der Waals surface area contributed by atoms with Crippen LogP contribution in [0.5, 0.6) is 0 Å². The van der Waals surface area contributed by atoms with E-state index in [9.17, 15) is 27.8 Å². The van der Waals surface area contributed by atoms with Gasteiger partial charge in [-0.25, -0.2) is 12.8 Å². The molecule has 6 nitrogen and oxygen atoms in total. The molecule has 9 heteroatoms. The third-order valence-electron chi connectivity index (χ3n) is 7.40. The van der Waals surface area contributed by atoms with Crippen LogP contribution in [0.4, 0.5) is 10.1 Å². The first-order valence-electron chi connectivity index (χ1n) is 10.9. The van der Waals surface area contributed by atoms with Crippen LogP contribution in [-0.2, 0) is 16.4 Å². The smallest absolute Gasteiger partial charge is 0.255 e. The van der Waals surface area contributed by atoms with Gasteiger partial charge in [0.2, 0.25) is 0 Å². The minimum absolute atomic E-state index is 0.0317. The number of nitrogens with one attached hydrogen (secondary N) is 1. The lowest BCUT2D eigenvalue weighted by molar-refractivity contribution is -0.0466. The largest absolute Gasteiger partial charge is 0.392 e. The molecule has 2 aliphatic rings. The fraction of sp³-hybridized carbons (Fsp3) is 0.458. The molecular weight excluding hydrogens is 469 g/mol. The summed E-state index contributed by atoms with van der Waals surface area (Å²) in [5, 5.41) is 22.0. The highest BCUT2D eigenvalue weighted by Crippen LogP contribution is 2.54. The van der Waals surface area contributed by atoms with Gasteiger partial charge in [-0.2, -0.15) is 0 Å². The Bertz CT molecular complexity index is 1200. The van der Waals surface area contributed by atoms with E-state index in [0.29, 0.717) is 12.8 Å². The SMILES string of the molecule is C[C@H]1CC2C[C@@H](S(=O)(=O)c3cc(C(=O)Nc4ccc(F)c(CO)c4)ccc3Cl)CC1[C@]2(C)O. The minimum Gasteiger partial charge on any atom is -0.392 e. The lowest BCUT2D eigenvalue weighted by atomic mass is 9.74. The quantitative estimate of drug-likeness (QED) is 0.577. The number of carbonyl (C=O) groups is 1. The van der Waals surface area contributed by atoms with Gasteiger partial charge in [0.15, 0.2) is 9.84 Å². The summed E-state index contributed by atoms with van der Waals surface area (Å²) >= 11 is 6.27. The van der Waals surface area contributed by atoms with Crippen LogP contribution < -0.4 is 5.32 Å². The van der Waals surface area contributed by atoms with Gasteiger partial charge >= 0.3 is 0 Å². The van der Waals surface area contributed by atoms with Crippen molar-refractivity contribution in [2.45, 2.75) is 55.5 Å². The second kappa shape index (κ2) is 8.65. The molecule has 2 unspecified atom stereocenters. The Balaban J connectivity index is 1.60. The first-order valence-corrected chi connectivity index (χ1v) is 12.8. The van der Waals surface area contributed by atoms with E-state index in [1.165, 1.54) is 30.3 Å². The van der Waals surface area contributed by atoms with Crippen molar-refractivity contribution in [1.82, 2.24) is 0 Å². The summed E-state index contributed by atoms with van der Waals surface area (Å²) in [4.78, 5) is 12.7. The molecule has 2 aliphatic carbocycles. The summed E-state index contributed by atoms with van der Waals surface area (Å²) < 4.78 is 40.7. The van der Waals surface area contributed by atoms with Crippen LogP contribution in [0.2, 0.25) is 5.02 Å². The Hall–Kier alpha value is -2.00. The Morgan fingerprint density at radius 3 is 2.61 bits per heavy atom. The number of sulfone groups is 1. The molecule has 3 N–H and O–H groups in total. The highest BCUT2D eigenvalue weighted by Gasteiger charge is 2.56. The van der Waals surface area contributed by atoms with Gasteiger partial charge in [-0.15, -0.1) is 0 Å². The lowest BCUT2D eigenvalue weighted by Gasteiger charge is -2.40. The van der Waals surface area contributed by atoms with E-state index in [4.69, 9.17) is 11.6 Å². The lowest BCUT2D eigenvalue weighted by Crippen LogP contribution is -2.46. The molecule has 33 heavy (non-hydrogen) atoms. The summed E-state index contributed by atoms with van der Waals surface area (Å²) in [7, 11) is -3.84. The van der Waals surface area contributed by atoms with Crippen molar-refractivity contribution in [2.24, 2.45) is 17.8 Å². The number of carbonyl (C=O) groups excluding carboxylic acids is 1. The maximum atomic E-state index is 13.6. The van der Waals surface area contributed by atoms with Gasteiger partial charge in [-0.05, 0) is 80.3 Å². The second-order valence-corrected chi connectivity index (χ2v) is 12.0. The van der Waals surface area contributed by atoms with Crippen molar-refractivity contribution < 1.29 is 27.8 Å². The molecule has 0 saturated heterocycles. The molecule has 0 heterocycles. The van der Waals surface area contributed by atoms with E-state index < -0.39 is 39.0 Å². The number of hydrogen-bond acceptors (Lipinski definition) is 5. The number of fused-ring (bicyclic) bond motifs is 2. The first kappa shape index (κ1) is 24.1. The number of rotatable bonds is 5. The van der Waals surface area contributed by atoms with Gasteiger partial charge in [0.1, 0.15) is 5.82 Å². The van der Waals surface area contributed by atoms with Crippen molar-refractivity contribution in [3.8, 4) is 0 Å².